The summed E-state index contributed by atoms with van der Waals surface area (Å²) in [4.78, 5) is 26.9. The van der Waals surface area contributed by atoms with Crippen molar-refractivity contribution in [3.05, 3.63) is 0 Å². The van der Waals surface area contributed by atoms with Gasteiger partial charge in [-0.1, -0.05) is 12.8 Å². The first kappa shape index (κ1) is 12.8. The Morgan fingerprint density at radius 1 is 1.07 bits per heavy atom. The zero-order chi connectivity index (χ0) is 10.9. The van der Waals surface area contributed by atoms with Crippen LogP contribution in [0.3, 0.4) is 0 Å². The molecule has 0 aromatic rings. The molecule has 0 aliphatic rings. The van der Waals surface area contributed by atoms with Gasteiger partial charge in [0.15, 0.2) is 0 Å². The third-order valence-electron chi connectivity index (χ3n) is 1.97. The maximum atomic E-state index is 10.0. The Labute approximate surface area is 84.1 Å². The van der Waals surface area contributed by atoms with Crippen molar-refractivity contribution < 1.29 is 9.59 Å². The van der Waals surface area contributed by atoms with Crippen LogP contribution in [0.1, 0.15) is 39.5 Å². The number of aliphatic imine (C=N–C) groups is 2. The van der Waals surface area contributed by atoms with Gasteiger partial charge in [0.2, 0.25) is 12.2 Å². The largest absolute Gasteiger partial charge is 0.235 e. The number of rotatable bonds is 7. The Hall–Kier alpha value is -1.24. The van der Waals surface area contributed by atoms with E-state index < -0.39 is 0 Å². The average molecular weight is 196 g/mol. The van der Waals surface area contributed by atoms with Gasteiger partial charge in [0.05, 0.1) is 12.1 Å². The molecular weight excluding hydrogens is 180 g/mol. The number of isocyanates is 2. The normalized spacial score (nSPS) is 10.1. The minimum absolute atomic E-state index is 0.310. The van der Waals surface area contributed by atoms with Gasteiger partial charge >= 0.3 is 0 Å². The van der Waals surface area contributed by atoms with Gasteiger partial charge in [-0.15, -0.1) is 0 Å². The minimum atomic E-state index is -0.310. The van der Waals surface area contributed by atoms with Gasteiger partial charge in [0.25, 0.3) is 0 Å². The first-order chi connectivity index (χ1) is 6.62. The molecule has 0 aliphatic heterocycles. The molecule has 0 saturated heterocycles. The molecule has 0 amide bonds. The van der Waals surface area contributed by atoms with Crippen LogP contribution < -0.4 is 0 Å². The van der Waals surface area contributed by atoms with E-state index in [0.29, 0.717) is 6.54 Å². The molecule has 0 unspecified atom stereocenters. The fourth-order valence-corrected chi connectivity index (χ4v) is 1.15. The molecule has 0 atom stereocenters. The van der Waals surface area contributed by atoms with Crippen molar-refractivity contribution in [3.8, 4) is 0 Å². The van der Waals surface area contributed by atoms with E-state index in [2.05, 4.69) is 9.98 Å². The van der Waals surface area contributed by atoms with E-state index in [4.69, 9.17) is 0 Å². The molecule has 0 fully saturated rings. The van der Waals surface area contributed by atoms with E-state index in [9.17, 15) is 9.59 Å². The van der Waals surface area contributed by atoms with Gasteiger partial charge in [-0.2, -0.15) is 4.99 Å². The Morgan fingerprint density at radius 2 is 1.79 bits per heavy atom. The highest BCUT2D eigenvalue weighted by molar-refractivity contribution is 5.34. The fraction of sp³-hybridized carbons (Fsp3) is 0.800. The summed E-state index contributed by atoms with van der Waals surface area (Å²) in [5.74, 6) is 0. The van der Waals surface area contributed by atoms with Crippen molar-refractivity contribution >= 4 is 12.2 Å². The summed E-state index contributed by atoms with van der Waals surface area (Å²) in [7, 11) is 0. The van der Waals surface area contributed by atoms with E-state index in [-0.39, 0.29) is 5.54 Å². The standard InChI is InChI=1S/C10H16N2O2/c1-10(2,12-9-14)6-4-3-5-7-11-8-13/h3-7H2,1-2H3. The number of hydrogen-bond donors (Lipinski definition) is 0. The van der Waals surface area contributed by atoms with E-state index >= 15 is 0 Å². The fourth-order valence-electron chi connectivity index (χ4n) is 1.15. The molecule has 0 aliphatic carbocycles. The average Bonchev–Trinajstić information content (AvgIpc) is 2.11. The first-order valence-corrected chi connectivity index (χ1v) is 4.75. The lowest BCUT2D eigenvalue weighted by molar-refractivity contribution is 0.443. The van der Waals surface area contributed by atoms with Gasteiger partial charge in [-0.25, -0.2) is 14.6 Å². The monoisotopic (exact) mass is 196 g/mol. The highest BCUT2D eigenvalue weighted by Gasteiger charge is 2.14. The third kappa shape index (κ3) is 7.41. The van der Waals surface area contributed by atoms with Crippen molar-refractivity contribution in [2.45, 2.75) is 45.1 Å². The van der Waals surface area contributed by atoms with Crippen LogP contribution in [0.4, 0.5) is 0 Å². The molecule has 0 heterocycles. The van der Waals surface area contributed by atoms with Crippen molar-refractivity contribution in [3.63, 3.8) is 0 Å². The van der Waals surface area contributed by atoms with Crippen molar-refractivity contribution in [2.75, 3.05) is 6.54 Å². The van der Waals surface area contributed by atoms with Crippen LogP contribution in [-0.4, -0.2) is 24.2 Å². The molecule has 0 spiro atoms. The van der Waals surface area contributed by atoms with Gasteiger partial charge in [-0.05, 0) is 26.7 Å². The molecule has 0 rings (SSSR count). The lowest BCUT2D eigenvalue weighted by Gasteiger charge is -2.16. The highest BCUT2D eigenvalue weighted by Crippen LogP contribution is 2.17. The van der Waals surface area contributed by atoms with Crippen LogP contribution in [0, 0.1) is 0 Å². The molecule has 0 bridgehead atoms. The first-order valence-electron chi connectivity index (χ1n) is 4.75. The summed E-state index contributed by atoms with van der Waals surface area (Å²) in [6, 6.07) is 0. The second-order valence-corrected chi connectivity index (χ2v) is 3.80. The minimum Gasteiger partial charge on any atom is -0.211 e. The molecule has 0 aromatic carbocycles. The van der Waals surface area contributed by atoms with Gasteiger partial charge in [0.1, 0.15) is 0 Å². The summed E-state index contributed by atoms with van der Waals surface area (Å²) < 4.78 is 0. The summed E-state index contributed by atoms with van der Waals surface area (Å²) in [6.07, 6.45) is 6.78. The number of hydrogen-bond acceptors (Lipinski definition) is 4. The lowest BCUT2D eigenvalue weighted by Crippen LogP contribution is -2.15. The van der Waals surface area contributed by atoms with Gasteiger partial charge in [-0.3, -0.25) is 0 Å². The second kappa shape index (κ2) is 7.19. The number of nitrogens with zero attached hydrogens (tertiary/aromatic N) is 2. The summed E-state index contributed by atoms with van der Waals surface area (Å²) in [5.41, 5.74) is -0.310. The zero-order valence-electron chi connectivity index (χ0n) is 8.75. The molecule has 78 valence electrons. The molecule has 0 N–H and O–H groups in total. The topological polar surface area (TPSA) is 58.9 Å². The third-order valence-corrected chi connectivity index (χ3v) is 1.97. The summed E-state index contributed by atoms with van der Waals surface area (Å²) in [5, 5.41) is 0. The quantitative estimate of drug-likeness (QED) is 0.355. The van der Waals surface area contributed by atoms with E-state index in [1.165, 1.54) is 6.08 Å². The number of unbranched alkanes of at least 4 members (excludes halogenated alkanes) is 2. The molecule has 4 heteroatoms. The van der Waals surface area contributed by atoms with E-state index in [0.717, 1.165) is 25.7 Å². The highest BCUT2D eigenvalue weighted by atomic mass is 16.1. The van der Waals surface area contributed by atoms with Crippen molar-refractivity contribution in [2.24, 2.45) is 9.98 Å². The number of carbonyl (C=O) groups excluding carboxylic acids is 2. The lowest BCUT2D eigenvalue weighted by atomic mass is 9.98. The summed E-state index contributed by atoms with van der Waals surface area (Å²) in [6.45, 7) is 4.35. The van der Waals surface area contributed by atoms with Crippen molar-refractivity contribution in [1.29, 1.82) is 0 Å². The Bertz CT molecular complexity index is 249. The molecule has 14 heavy (non-hydrogen) atoms. The molecular formula is C10H16N2O2. The predicted octanol–water partition coefficient (Wildman–Crippen LogP) is 2.00. The summed E-state index contributed by atoms with van der Waals surface area (Å²) >= 11 is 0. The smallest absolute Gasteiger partial charge is 0.211 e. The Balaban J connectivity index is 3.53. The van der Waals surface area contributed by atoms with Gasteiger partial charge in [0, 0.05) is 0 Å². The van der Waals surface area contributed by atoms with Crippen LogP contribution in [-0.2, 0) is 9.59 Å². The molecule has 0 aromatic heterocycles. The Kier molecular flexibility index (Phi) is 6.55. The van der Waals surface area contributed by atoms with Crippen molar-refractivity contribution in [1.82, 2.24) is 0 Å². The second-order valence-electron chi connectivity index (χ2n) is 3.80. The van der Waals surface area contributed by atoms with Crippen LogP contribution in [0.15, 0.2) is 9.98 Å². The van der Waals surface area contributed by atoms with Crippen LogP contribution in [0.5, 0.6) is 0 Å². The van der Waals surface area contributed by atoms with Crippen LogP contribution in [0.25, 0.3) is 0 Å². The molecule has 0 saturated carbocycles. The maximum Gasteiger partial charge on any atom is 0.235 e. The molecule has 4 nitrogen and oxygen atoms in total. The molecule has 0 radical (unpaired) electrons. The SMILES string of the molecule is CC(C)(CCCCCN=C=O)N=C=O. The Morgan fingerprint density at radius 3 is 2.36 bits per heavy atom. The van der Waals surface area contributed by atoms with Crippen LogP contribution in [0.2, 0.25) is 0 Å². The van der Waals surface area contributed by atoms with E-state index in [1.807, 2.05) is 13.8 Å². The van der Waals surface area contributed by atoms with Gasteiger partial charge < -0.3 is 0 Å². The predicted molar refractivity (Wildman–Crippen MR) is 53.7 cm³/mol. The van der Waals surface area contributed by atoms with E-state index in [1.54, 1.807) is 6.08 Å². The van der Waals surface area contributed by atoms with Crippen LogP contribution >= 0.6 is 0 Å². The zero-order valence-corrected chi connectivity index (χ0v) is 8.75. The maximum absolute atomic E-state index is 10.0.